The van der Waals surface area contributed by atoms with E-state index in [1.54, 1.807) is 38.1 Å². The van der Waals surface area contributed by atoms with Crippen LogP contribution < -0.4 is 11.1 Å². The molecule has 0 bridgehead atoms. The second-order valence-electron chi connectivity index (χ2n) is 6.35. The molecule has 148 valence electrons. The number of nitrogens with two attached hydrogens (primary N) is 1. The van der Waals surface area contributed by atoms with Crippen LogP contribution in [0, 0.1) is 0 Å². The molecule has 0 aliphatic carbocycles. The highest BCUT2D eigenvalue weighted by Crippen LogP contribution is 2.26. The van der Waals surface area contributed by atoms with Crippen molar-refractivity contribution in [3.63, 3.8) is 0 Å². The number of benzene rings is 2. The maximum absolute atomic E-state index is 12.8. The molecule has 6 nitrogen and oxygen atoms in total. The molecular weight excluding hydrogens is 376 g/mol. The summed E-state index contributed by atoms with van der Waals surface area (Å²) in [5, 5.41) is 2.84. The molecule has 2 rings (SSSR count). The number of rotatable bonds is 9. The fourth-order valence-electron chi connectivity index (χ4n) is 2.67. The Hall–Kier alpha value is -2.80. The summed E-state index contributed by atoms with van der Waals surface area (Å²) in [5.41, 5.74) is 5.35. The van der Waals surface area contributed by atoms with E-state index >= 15 is 0 Å². The molecule has 2 amide bonds. The molecule has 0 spiro atoms. The summed E-state index contributed by atoms with van der Waals surface area (Å²) in [6.07, 6.45) is 0. The van der Waals surface area contributed by atoms with Crippen LogP contribution in [0.25, 0.3) is 0 Å². The van der Waals surface area contributed by atoms with Crippen LogP contribution in [0.4, 0.5) is 0 Å². The van der Waals surface area contributed by atoms with E-state index in [0.717, 1.165) is 5.56 Å². The Bertz CT molecular complexity index is 841. The minimum Gasteiger partial charge on any atom is -0.465 e. The van der Waals surface area contributed by atoms with Crippen molar-refractivity contribution in [1.82, 2.24) is 5.32 Å². The molecule has 0 saturated heterocycles. The van der Waals surface area contributed by atoms with Crippen LogP contribution in [0.15, 0.2) is 59.5 Å². The number of primary amides is 1. The first-order valence-corrected chi connectivity index (χ1v) is 9.88. The third-order valence-electron chi connectivity index (χ3n) is 4.24. The lowest BCUT2D eigenvalue weighted by molar-refractivity contribution is -0.149. The monoisotopic (exact) mass is 400 g/mol. The number of carbonyl (C=O) groups is 3. The third kappa shape index (κ3) is 5.36. The Balaban J connectivity index is 2.21. The largest absolute Gasteiger partial charge is 0.465 e. The van der Waals surface area contributed by atoms with Crippen LogP contribution in [-0.4, -0.2) is 36.7 Å². The first-order chi connectivity index (χ1) is 13.4. The summed E-state index contributed by atoms with van der Waals surface area (Å²) >= 11 is 1.20. The average molecular weight is 401 g/mol. The van der Waals surface area contributed by atoms with Crippen molar-refractivity contribution in [1.29, 1.82) is 0 Å². The highest BCUT2D eigenvalue weighted by atomic mass is 32.2. The number of ether oxygens (including phenoxy) is 1. The van der Waals surface area contributed by atoms with E-state index in [2.05, 4.69) is 5.32 Å². The highest BCUT2D eigenvalue weighted by Gasteiger charge is 2.37. The zero-order valence-corrected chi connectivity index (χ0v) is 16.8. The van der Waals surface area contributed by atoms with Gasteiger partial charge in [0.15, 0.2) is 0 Å². The molecule has 1 atom stereocenters. The van der Waals surface area contributed by atoms with E-state index in [-0.39, 0.29) is 24.8 Å². The fraction of sp³-hybridized carbons (Fsp3) is 0.286. The number of nitrogens with one attached hydrogen (secondary N) is 1. The quantitative estimate of drug-likeness (QED) is 0.498. The predicted molar refractivity (Wildman–Crippen MR) is 109 cm³/mol. The van der Waals surface area contributed by atoms with Crippen molar-refractivity contribution in [3.05, 3.63) is 65.7 Å². The molecule has 0 unspecified atom stereocenters. The van der Waals surface area contributed by atoms with Gasteiger partial charge in [-0.15, -0.1) is 11.8 Å². The number of carbonyl (C=O) groups excluding carboxylic acids is 3. The summed E-state index contributed by atoms with van der Waals surface area (Å²) in [5.74, 6) is -1.12. The van der Waals surface area contributed by atoms with E-state index in [4.69, 9.17) is 10.5 Å². The number of thioether (sulfide) groups is 1. The molecule has 3 N–H and O–H groups in total. The van der Waals surface area contributed by atoms with Crippen molar-refractivity contribution in [2.24, 2.45) is 5.73 Å². The lowest BCUT2D eigenvalue weighted by Gasteiger charge is -2.28. The summed E-state index contributed by atoms with van der Waals surface area (Å²) in [6.45, 7) is 3.81. The molecule has 0 saturated carbocycles. The van der Waals surface area contributed by atoms with Gasteiger partial charge in [0.05, 0.1) is 17.9 Å². The van der Waals surface area contributed by atoms with E-state index in [9.17, 15) is 14.4 Å². The SMILES string of the molecule is CCOC(=O)[C@](C)(CNC(=O)c1ccccc1SCC(N)=O)c1ccccc1. The van der Waals surface area contributed by atoms with Crippen molar-refractivity contribution < 1.29 is 19.1 Å². The minimum atomic E-state index is -1.03. The van der Waals surface area contributed by atoms with Gasteiger partial charge in [0.25, 0.3) is 5.91 Å². The maximum atomic E-state index is 12.8. The Morgan fingerprint density at radius 3 is 2.36 bits per heavy atom. The van der Waals surface area contributed by atoms with E-state index < -0.39 is 17.3 Å². The van der Waals surface area contributed by atoms with Crippen LogP contribution in [0.5, 0.6) is 0 Å². The van der Waals surface area contributed by atoms with Crippen LogP contribution in [-0.2, 0) is 19.7 Å². The molecule has 0 aliphatic heterocycles. The number of esters is 1. The molecule has 0 aliphatic rings. The smallest absolute Gasteiger partial charge is 0.318 e. The Morgan fingerprint density at radius 2 is 1.71 bits per heavy atom. The number of amides is 2. The lowest BCUT2D eigenvalue weighted by Crippen LogP contribution is -2.45. The van der Waals surface area contributed by atoms with Crippen LogP contribution in [0.3, 0.4) is 0 Å². The van der Waals surface area contributed by atoms with Crippen LogP contribution in [0.1, 0.15) is 29.8 Å². The Kier molecular flexibility index (Phi) is 7.63. The topological polar surface area (TPSA) is 98.5 Å². The summed E-state index contributed by atoms with van der Waals surface area (Å²) in [7, 11) is 0. The van der Waals surface area contributed by atoms with Gasteiger partial charge in [-0.25, -0.2) is 0 Å². The minimum absolute atomic E-state index is 0.0729. The van der Waals surface area contributed by atoms with Gasteiger partial charge in [-0.1, -0.05) is 42.5 Å². The van der Waals surface area contributed by atoms with E-state index in [1.807, 2.05) is 30.3 Å². The molecule has 0 heterocycles. The van der Waals surface area contributed by atoms with Gasteiger partial charge in [0.2, 0.25) is 5.91 Å². The van der Waals surface area contributed by atoms with E-state index in [0.29, 0.717) is 10.5 Å². The zero-order valence-electron chi connectivity index (χ0n) is 15.9. The first kappa shape index (κ1) is 21.5. The predicted octanol–water partition coefficient (Wildman–Crippen LogP) is 2.51. The van der Waals surface area contributed by atoms with Gasteiger partial charge in [-0.2, -0.15) is 0 Å². The maximum Gasteiger partial charge on any atom is 0.318 e. The standard InChI is InChI=1S/C21H24N2O4S/c1-3-27-20(26)21(2,15-9-5-4-6-10-15)14-23-19(25)16-11-7-8-12-17(16)28-13-18(22)24/h4-12H,3,13-14H2,1-2H3,(H2,22,24)(H,23,25)/t21-/m1/s1. The molecule has 2 aromatic carbocycles. The van der Waals surface area contributed by atoms with Gasteiger partial charge in [0, 0.05) is 11.4 Å². The molecule has 7 heteroatoms. The average Bonchev–Trinajstić information content (AvgIpc) is 2.71. The molecular formula is C21H24N2O4S. The van der Waals surface area contributed by atoms with Crippen molar-refractivity contribution in [3.8, 4) is 0 Å². The summed E-state index contributed by atoms with van der Waals surface area (Å²) in [4.78, 5) is 37.1. The fourth-order valence-corrected chi connectivity index (χ4v) is 3.46. The molecule has 2 aromatic rings. The highest BCUT2D eigenvalue weighted by molar-refractivity contribution is 8.00. The van der Waals surface area contributed by atoms with Crippen LogP contribution >= 0.6 is 11.8 Å². The lowest BCUT2D eigenvalue weighted by atomic mass is 9.82. The third-order valence-corrected chi connectivity index (χ3v) is 5.34. The van der Waals surface area contributed by atoms with Crippen molar-refractivity contribution in [2.45, 2.75) is 24.2 Å². The molecule has 28 heavy (non-hydrogen) atoms. The Morgan fingerprint density at radius 1 is 1.07 bits per heavy atom. The first-order valence-electron chi connectivity index (χ1n) is 8.89. The second kappa shape index (κ2) is 9.94. The summed E-state index contributed by atoms with van der Waals surface area (Å²) < 4.78 is 5.24. The second-order valence-corrected chi connectivity index (χ2v) is 7.37. The van der Waals surface area contributed by atoms with Gasteiger partial charge < -0.3 is 15.8 Å². The van der Waals surface area contributed by atoms with E-state index in [1.165, 1.54) is 11.8 Å². The normalized spacial score (nSPS) is 12.6. The van der Waals surface area contributed by atoms with Gasteiger partial charge in [0.1, 0.15) is 5.41 Å². The Labute approximate surface area is 168 Å². The van der Waals surface area contributed by atoms with Gasteiger partial charge in [-0.3, -0.25) is 14.4 Å². The molecule has 0 radical (unpaired) electrons. The summed E-state index contributed by atoms with van der Waals surface area (Å²) in [6, 6.07) is 16.2. The number of hydrogen-bond donors (Lipinski definition) is 2. The number of hydrogen-bond acceptors (Lipinski definition) is 5. The van der Waals surface area contributed by atoms with Gasteiger partial charge in [-0.05, 0) is 31.5 Å². The van der Waals surface area contributed by atoms with Crippen molar-refractivity contribution >= 4 is 29.5 Å². The molecule has 0 aromatic heterocycles. The molecule has 0 fully saturated rings. The van der Waals surface area contributed by atoms with Gasteiger partial charge >= 0.3 is 5.97 Å². The zero-order chi connectivity index (χ0) is 20.6. The van der Waals surface area contributed by atoms with Crippen LogP contribution in [0.2, 0.25) is 0 Å². The van der Waals surface area contributed by atoms with Crippen molar-refractivity contribution in [2.75, 3.05) is 18.9 Å².